The molecule has 0 atom stereocenters. The number of nitrogens with zero attached hydrogens (tertiary/aromatic N) is 1. The van der Waals surface area contributed by atoms with Gasteiger partial charge in [0.1, 0.15) is 11.2 Å². The van der Waals surface area contributed by atoms with Crippen molar-refractivity contribution in [3.05, 3.63) is 176 Å². The molecule has 3 heterocycles. The molecule has 52 heavy (non-hydrogen) atoms. The highest BCUT2D eigenvalue weighted by Crippen LogP contribution is 2.51. The van der Waals surface area contributed by atoms with E-state index in [0.717, 1.165) is 50.1 Å². The first-order valence-corrected chi connectivity index (χ1v) is 19.1. The monoisotopic (exact) mass is 699 g/mol. The van der Waals surface area contributed by atoms with Crippen molar-refractivity contribution in [1.82, 2.24) is 0 Å². The Balaban J connectivity index is 1.29. The summed E-state index contributed by atoms with van der Waals surface area (Å²) < 4.78 is 11.9. The number of hydrogen-bond acceptors (Lipinski definition) is 4. The van der Waals surface area contributed by atoms with E-state index in [1.54, 1.807) is 0 Å². The average molecular weight is 700 g/mol. The fraction of sp³-hybridized carbons (Fsp3) is 0. The van der Waals surface area contributed by atoms with E-state index >= 15 is 0 Å². The van der Waals surface area contributed by atoms with E-state index in [1.165, 1.54) is 51.5 Å². The van der Waals surface area contributed by atoms with Gasteiger partial charge in [-0.05, 0) is 71.3 Å². The van der Waals surface area contributed by atoms with Gasteiger partial charge in [-0.15, -0.1) is 22.7 Å². The number of benzene rings is 8. The molecule has 0 aliphatic rings. The van der Waals surface area contributed by atoms with Gasteiger partial charge >= 0.3 is 0 Å². The lowest BCUT2D eigenvalue weighted by molar-refractivity contribution is 0.670. The first kappa shape index (κ1) is 29.5. The summed E-state index contributed by atoms with van der Waals surface area (Å²) in [4.78, 5) is 2.50. The lowest BCUT2D eigenvalue weighted by Crippen LogP contribution is -2.11. The molecular weight excluding hydrogens is 671 g/mol. The van der Waals surface area contributed by atoms with Crippen LogP contribution in [0.25, 0.3) is 84.5 Å². The van der Waals surface area contributed by atoms with Crippen molar-refractivity contribution in [3.8, 4) is 22.3 Å². The Hall–Kier alpha value is -6.20. The summed E-state index contributed by atoms with van der Waals surface area (Å²) in [5.41, 5.74) is 9.72. The molecule has 11 aromatic rings. The van der Waals surface area contributed by atoms with Crippen molar-refractivity contribution in [3.63, 3.8) is 0 Å². The fourth-order valence-electron chi connectivity index (χ4n) is 7.91. The third-order valence-corrected chi connectivity index (χ3v) is 12.5. The maximum absolute atomic E-state index is 6.82. The van der Waals surface area contributed by atoms with E-state index in [1.807, 2.05) is 22.7 Å². The van der Waals surface area contributed by atoms with Crippen molar-refractivity contribution in [2.24, 2.45) is 0 Å². The van der Waals surface area contributed by atoms with E-state index in [-0.39, 0.29) is 0 Å². The van der Waals surface area contributed by atoms with E-state index < -0.39 is 0 Å². The molecule has 0 saturated carbocycles. The van der Waals surface area contributed by atoms with Crippen molar-refractivity contribution < 1.29 is 4.42 Å². The third-order valence-electron chi connectivity index (χ3n) is 10.3. The van der Waals surface area contributed by atoms with Crippen LogP contribution in [0.15, 0.2) is 180 Å². The van der Waals surface area contributed by atoms with Gasteiger partial charge in [0, 0.05) is 57.0 Å². The number of fused-ring (bicyclic) bond motifs is 9. The average Bonchev–Trinajstić information content (AvgIpc) is 3.90. The molecule has 0 N–H and O–H groups in total. The van der Waals surface area contributed by atoms with Crippen LogP contribution in [-0.2, 0) is 0 Å². The normalized spacial score (nSPS) is 11.8. The van der Waals surface area contributed by atoms with Gasteiger partial charge in [-0.25, -0.2) is 0 Å². The zero-order valence-corrected chi connectivity index (χ0v) is 29.5. The molecular formula is C48H29NOS2. The van der Waals surface area contributed by atoms with Crippen molar-refractivity contribution in [2.75, 3.05) is 4.90 Å². The van der Waals surface area contributed by atoms with E-state index in [0.29, 0.717) is 0 Å². The molecule has 4 heteroatoms. The number of hydrogen-bond donors (Lipinski definition) is 0. The van der Waals surface area contributed by atoms with Crippen LogP contribution in [0.2, 0.25) is 0 Å². The Kier molecular flexibility index (Phi) is 6.63. The molecule has 0 radical (unpaired) electrons. The summed E-state index contributed by atoms with van der Waals surface area (Å²) in [5.74, 6) is 0. The molecule has 8 aromatic carbocycles. The maximum atomic E-state index is 6.82. The first-order valence-electron chi connectivity index (χ1n) is 17.5. The van der Waals surface area contributed by atoms with Gasteiger partial charge in [0.05, 0.1) is 16.8 Å². The Morgan fingerprint density at radius 3 is 1.83 bits per heavy atom. The van der Waals surface area contributed by atoms with E-state index in [4.69, 9.17) is 4.42 Å². The molecule has 0 unspecified atom stereocenters. The van der Waals surface area contributed by atoms with Gasteiger partial charge < -0.3 is 9.32 Å². The number of thiophene rings is 2. The maximum Gasteiger partial charge on any atom is 0.145 e. The molecule has 0 fully saturated rings. The van der Waals surface area contributed by atoms with Crippen LogP contribution in [0.5, 0.6) is 0 Å². The number of para-hydroxylation sites is 1. The Morgan fingerprint density at radius 1 is 0.385 bits per heavy atom. The van der Waals surface area contributed by atoms with E-state index in [2.05, 4.69) is 181 Å². The molecule has 0 amide bonds. The standard InChI is InChI=1S/C48H29NOS2/c1-3-13-30(14-4-1)32-27-40(46-38-19-9-12-22-43(38)52-45(46)28-32)49(33-23-24-36-35-17-8-11-21-42(35)51-44(36)29-33)39-26-25-34(31-15-5-2-6-16-31)48-47(39)37-18-7-10-20-41(37)50-48/h1-29H. The van der Waals surface area contributed by atoms with Crippen molar-refractivity contribution in [1.29, 1.82) is 0 Å². The second-order valence-electron chi connectivity index (χ2n) is 13.2. The molecule has 0 spiro atoms. The minimum Gasteiger partial charge on any atom is -0.455 e. The van der Waals surface area contributed by atoms with Crippen LogP contribution >= 0.6 is 22.7 Å². The lowest BCUT2D eigenvalue weighted by Gasteiger charge is -2.28. The van der Waals surface area contributed by atoms with Crippen LogP contribution in [0.1, 0.15) is 0 Å². The molecule has 244 valence electrons. The van der Waals surface area contributed by atoms with Crippen molar-refractivity contribution in [2.45, 2.75) is 0 Å². The van der Waals surface area contributed by atoms with Crippen LogP contribution in [0.3, 0.4) is 0 Å². The predicted octanol–water partition coefficient (Wildman–Crippen LogP) is 15.1. The number of rotatable bonds is 5. The number of furan rings is 1. The molecule has 2 nitrogen and oxygen atoms in total. The van der Waals surface area contributed by atoms with Crippen LogP contribution in [0.4, 0.5) is 17.1 Å². The zero-order valence-electron chi connectivity index (χ0n) is 27.9. The second-order valence-corrected chi connectivity index (χ2v) is 15.4. The smallest absolute Gasteiger partial charge is 0.145 e. The number of anilines is 3. The Bertz CT molecular complexity index is 3130. The highest BCUT2D eigenvalue weighted by molar-refractivity contribution is 7.26. The molecule has 3 aromatic heterocycles. The molecule has 0 aliphatic carbocycles. The molecule has 0 saturated heterocycles. The van der Waals surface area contributed by atoms with Gasteiger partial charge in [0.15, 0.2) is 0 Å². The van der Waals surface area contributed by atoms with Gasteiger partial charge in [-0.2, -0.15) is 0 Å². The van der Waals surface area contributed by atoms with Crippen LogP contribution < -0.4 is 4.90 Å². The Labute approximate surface area is 308 Å². The molecule has 11 rings (SSSR count). The second kappa shape index (κ2) is 11.7. The fourth-order valence-corrected chi connectivity index (χ4v) is 10.2. The summed E-state index contributed by atoms with van der Waals surface area (Å²) in [6.45, 7) is 0. The minimum absolute atomic E-state index is 0.881. The largest absolute Gasteiger partial charge is 0.455 e. The minimum atomic E-state index is 0.881. The van der Waals surface area contributed by atoms with Gasteiger partial charge in [0.2, 0.25) is 0 Å². The SMILES string of the molecule is c1ccc(-c2cc(N(c3ccc4c(c3)sc3ccccc34)c3ccc(-c4ccccc4)c4oc5ccccc5c34)c3c(c2)sc2ccccc23)cc1. The summed E-state index contributed by atoms with van der Waals surface area (Å²) >= 11 is 3.72. The summed E-state index contributed by atoms with van der Waals surface area (Å²) in [7, 11) is 0. The van der Waals surface area contributed by atoms with Crippen LogP contribution in [0, 0.1) is 0 Å². The molecule has 0 aliphatic heterocycles. The van der Waals surface area contributed by atoms with Gasteiger partial charge in [0.25, 0.3) is 0 Å². The first-order chi connectivity index (χ1) is 25.8. The quantitative estimate of drug-likeness (QED) is 0.178. The zero-order chi connectivity index (χ0) is 34.2. The summed E-state index contributed by atoms with van der Waals surface area (Å²) in [5, 5.41) is 7.30. The van der Waals surface area contributed by atoms with Gasteiger partial charge in [-0.3, -0.25) is 0 Å². The topological polar surface area (TPSA) is 16.4 Å². The lowest BCUT2D eigenvalue weighted by atomic mass is 9.98. The van der Waals surface area contributed by atoms with E-state index in [9.17, 15) is 0 Å². The molecule has 0 bridgehead atoms. The van der Waals surface area contributed by atoms with Gasteiger partial charge in [-0.1, -0.05) is 121 Å². The summed E-state index contributed by atoms with van der Waals surface area (Å²) in [6, 6.07) is 63.7. The predicted molar refractivity (Wildman–Crippen MR) is 225 cm³/mol. The summed E-state index contributed by atoms with van der Waals surface area (Å²) in [6.07, 6.45) is 0. The van der Waals surface area contributed by atoms with Crippen molar-refractivity contribution >= 4 is 102 Å². The van der Waals surface area contributed by atoms with Crippen LogP contribution in [-0.4, -0.2) is 0 Å². The third kappa shape index (κ3) is 4.55. The highest BCUT2D eigenvalue weighted by Gasteiger charge is 2.25. The highest BCUT2D eigenvalue weighted by atomic mass is 32.1. The Morgan fingerprint density at radius 2 is 1.02 bits per heavy atom.